The summed E-state index contributed by atoms with van der Waals surface area (Å²) in [5.41, 5.74) is 1.12. The number of carbonyl (C=O) groups is 1. The molecule has 2 rings (SSSR count). The molecule has 0 aliphatic carbocycles. The summed E-state index contributed by atoms with van der Waals surface area (Å²) in [5.74, 6) is -0.376. The van der Waals surface area contributed by atoms with Gasteiger partial charge in [0.05, 0.1) is 0 Å². The molecule has 0 unspecified atom stereocenters. The molecule has 0 spiro atoms. The Balaban J connectivity index is 0.000000392. The van der Waals surface area contributed by atoms with Gasteiger partial charge in [-0.05, 0) is 19.1 Å². The molecule has 2 aromatic carbocycles. The fourth-order valence-corrected chi connectivity index (χ4v) is 1.12. The monoisotopic (exact) mass is 250 g/mol. The summed E-state index contributed by atoms with van der Waals surface area (Å²) >= 11 is 0. The first-order chi connectivity index (χ1) is 8.68. The van der Waals surface area contributed by atoms with E-state index >= 15 is 0 Å². The van der Waals surface area contributed by atoms with Gasteiger partial charge in [0, 0.05) is 0 Å². The third-order valence-corrected chi connectivity index (χ3v) is 1.99. The van der Waals surface area contributed by atoms with E-state index in [1.807, 2.05) is 49.4 Å². The van der Waals surface area contributed by atoms with Crippen LogP contribution in [0.5, 0.6) is 5.75 Å². The zero-order chi connectivity index (χ0) is 13.2. The van der Waals surface area contributed by atoms with Crippen molar-refractivity contribution >= 4 is 5.97 Å². The molecule has 0 saturated carbocycles. The Morgan fingerprint density at radius 2 is 1.74 bits per heavy atom. The van der Waals surface area contributed by atoms with E-state index in [0.29, 0.717) is 5.75 Å². The average Bonchev–Trinajstić information content (AvgIpc) is 2.41. The van der Waals surface area contributed by atoms with Crippen LogP contribution in [-0.2, 0) is 4.79 Å². The van der Waals surface area contributed by atoms with E-state index in [1.54, 1.807) is 12.1 Å². The van der Waals surface area contributed by atoms with Crippen molar-refractivity contribution in [3.05, 3.63) is 66.2 Å². The molecule has 3 nitrogen and oxygen atoms in total. The van der Waals surface area contributed by atoms with E-state index in [9.17, 15) is 4.79 Å². The Bertz CT molecular complexity index is 428. The Kier molecular flexibility index (Phi) is 9.34. The van der Waals surface area contributed by atoms with E-state index in [2.05, 4.69) is 6.07 Å². The number of aliphatic carboxylic acids is 1. The van der Waals surface area contributed by atoms with Crippen molar-refractivity contribution in [3.8, 4) is 5.75 Å². The molecule has 94 valence electrons. The van der Waals surface area contributed by atoms with Gasteiger partial charge in [0.15, 0.2) is 6.61 Å². The number of carboxylic acid groups (broad SMARTS) is 1. The second-order valence-electron chi connectivity index (χ2n) is 3.57. The van der Waals surface area contributed by atoms with Gasteiger partial charge in [-0.2, -0.15) is 36.4 Å². The summed E-state index contributed by atoms with van der Waals surface area (Å²) < 4.78 is 4.92. The molecule has 0 aliphatic heterocycles. The maximum absolute atomic E-state index is 10.1. The molecule has 2 aromatic rings. The van der Waals surface area contributed by atoms with E-state index in [-0.39, 0.29) is 25.5 Å². The fourth-order valence-electron chi connectivity index (χ4n) is 1.12. The molecule has 19 heavy (non-hydrogen) atoms. The normalized spacial score (nSPS) is 8.47. The van der Waals surface area contributed by atoms with E-state index in [0.717, 1.165) is 5.56 Å². The molecule has 4 heteroatoms. The van der Waals surface area contributed by atoms with Crippen molar-refractivity contribution in [3.63, 3.8) is 0 Å². The quantitative estimate of drug-likeness (QED) is 0.613. The first-order valence-electron chi connectivity index (χ1n) is 5.51. The number of rotatable bonds is 3. The van der Waals surface area contributed by atoms with Crippen LogP contribution < -0.4 is 23.6 Å². The minimum absolute atomic E-state index is 0. The van der Waals surface area contributed by atoms with Crippen molar-refractivity contribution in [1.82, 2.24) is 0 Å². The van der Waals surface area contributed by atoms with Crippen molar-refractivity contribution < 1.29 is 33.5 Å². The molecule has 0 aromatic heterocycles. The largest absolute Gasteiger partial charge is 1.00 e. The summed E-state index contributed by atoms with van der Waals surface area (Å²) in [5, 5.41) is 8.30. The number of carboxylic acids is 1. The number of benzene rings is 2. The predicted octanol–water partition coefficient (Wildman–Crippen LogP) is -0.0508. The van der Waals surface area contributed by atoms with Gasteiger partial charge in [-0.1, -0.05) is 17.7 Å². The molecule has 0 radical (unpaired) electrons. The van der Waals surface area contributed by atoms with Crippen molar-refractivity contribution in [2.24, 2.45) is 0 Å². The molecular formula is C15H15LiO3. The van der Waals surface area contributed by atoms with Crippen molar-refractivity contribution in [2.75, 3.05) is 6.61 Å². The van der Waals surface area contributed by atoms with Crippen LogP contribution in [-0.4, -0.2) is 17.7 Å². The molecular weight excluding hydrogens is 235 g/mol. The first-order valence-corrected chi connectivity index (χ1v) is 5.51. The Hall–Kier alpha value is -1.69. The summed E-state index contributed by atoms with van der Waals surface area (Å²) in [6.45, 7) is 1.67. The molecule has 0 atom stereocenters. The topological polar surface area (TPSA) is 46.5 Å². The van der Waals surface area contributed by atoms with Crippen LogP contribution in [0.15, 0.2) is 54.6 Å². The Morgan fingerprint density at radius 1 is 1.16 bits per heavy atom. The van der Waals surface area contributed by atoms with Crippen LogP contribution in [0.1, 0.15) is 5.56 Å². The maximum atomic E-state index is 10.1. The minimum atomic E-state index is -0.962. The number of hydrogen-bond acceptors (Lipinski definition) is 2. The van der Waals surface area contributed by atoms with Crippen molar-refractivity contribution in [2.45, 2.75) is 6.92 Å². The molecule has 1 N–H and O–H groups in total. The SMILES string of the molecule is Cc1ccc(OCC(=O)O)cc1.[Li+].[c-]1ccccc1. The summed E-state index contributed by atoms with van der Waals surface area (Å²) in [6, 6.07) is 19.7. The van der Waals surface area contributed by atoms with Gasteiger partial charge in [-0.3, -0.25) is 0 Å². The summed E-state index contributed by atoms with van der Waals surface area (Å²) in [7, 11) is 0. The zero-order valence-electron chi connectivity index (χ0n) is 11.2. The maximum Gasteiger partial charge on any atom is 1.00 e. The van der Waals surface area contributed by atoms with Crippen LogP contribution in [0.3, 0.4) is 0 Å². The molecule has 0 aliphatic rings. The molecule has 0 heterocycles. The average molecular weight is 250 g/mol. The molecule has 0 saturated heterocycles. The minimum Gasteiger partial charge on any atom is -0.482 e. The second-order valence-corrected chi connectivity index (χ2v) is 3.57. The predicted molar refractivity (Wildman–Crippen MR) is 69.6 cm³/mol. The molecule has 0 bridgehead atoms. The van der Waals surface area contributed by atoms with Gasteiger partial charge in [0.1, 0.15) is 5.75 Å². The third-order valence-electron chi connectivity index (χ3n) is 1.99. The molecule has 0 fully saturated rings. The first kappa shape index (κ1) is 17.3. The van der Waals surface area contributed by atoms with Gasteiger partial charge in [-0.15, -0.1) is 0 Å². The van der Waals surface area contributed by atoms with Crippen molar-refractivity contribution in [1.29, 1.82) is 0 Å². The van der Waals surface area contributed by atoms with Crippen LogP contribution in [0, 0.1) is 13.0 Å². The van der Waals surface area contributed by atoms with E-state index in [1.165, 1.54) is 0 Å². The summed E-state index contributed by atoms with van der Waals surface area (Å²) in [6.07, 6.45) is 0. The zero-order valence-corrected chi connectivity index (χ0v) is 11.2. The van der Waals surface area contributed by atoms with Crippen LogP contribution >= 0.6 is 0 Å². The Labute approximate surface area is 125 Å². The van der Waals surface area contributed by atoms with Gasteiger partial charge < -0.3 is 9.84 Å². The number of ether oxygens (including phenoxy) is 1. The van der Waals surface area contributed by atoms with Crippen LogP contribution in [0.2, 0.25) is 0 Å². The third kappa shape index (κ3) is 8.95. The second kappa shape index (κ2) is 10.3. The van der Waals surface area contributed by atoms with Gasteiger partial charge >= 0.3 is 24.8 Å². The number of hydrogen-bond donors (Lipinski definition) is 1. The number of aryl methyl sites for hydroxylation is 1. The van der Waals surface area contributed by atoms with Gasteiger partial charge in [-0.25, -0.2) is 4.79 Å². The standard InChI is InChI=1S/C9H10O3.C6H5.Li/c1-7-2-4-8(5-3-7)12-6-9(10)11;1-2-4-6-5-3-1;/h2-5H,6H2,1H3,(H,10,11);1-5H;/q;-1;+1. The smallest absolute Gasteiger partial charge is 0.482 e. The van der Waals surface area contributed by atoms with Gasteiger partial charge in [0.25, 0.3) is 0 Å². The summed E-state index contributed by atoms with van der Waals surface area (Å²) in [4.78, 5) is 10.1. The Morgan fingerprint density at radius 3 is 2.11 bits per heavy atom. The molecule has 0 amide bonds. The van der Waals surface area contributed by atoms with Gasteiger partial charge in [0.2, 0.25) is 0 Å². The van der Waals surface area contributed by atoms with E-state index < -0.39 is 5.97 Å². The van der Waals surface area contributed by atoms with Crippen LogP contribution in [0.4, 0.5) is 0 Å². The van der Waals surface area contributed by atoms with Crippen LogP contribution in [0.25, 0.3) is 0 Å². The van der Waals surface area contributed by atoms with E-state index in [4.69, 9.17) is 9.84 Å². The fraction of sp³-hybridized carbons (Fsp3) is 0.133.